The van der Waals surface area contributed by atoms with Crippen LogP contribution in [0.2, 0.25) is 0 Å². The molecule has 5 rings (SSSR count). The Morgan fingerprint density at radius 1 is 1.03 bits per heavy atom. The van der Waals surface area contributed by atoms with Crippen molar-refractivity contribution in [1.29, 1.82) is 0 Å². The second-order valence-corrected chi connectivity index (χ2v) is 8.40. The maximum absolute atomic E-state index is 12.7. The van der Waals surface area contributed by atoms with Gasteiger partial charge in [0.05, 0.1) is 24.2 Å². The molecule has 2 saturated heterocycles. The van der Waals surface area contributed by atoms with Gasteiger partial charge in [-0.2, -0.15) is 0 Å². The summed E-state index contributed by atoms with van der Waals surface area (Å²) in [5.74, 6) is 0.779. The van der Waals surface area contributed by atoms with E-state index >= 15 is 0 Å². The number of methoxy groups -OCH3 is 1. The second-order valence-electron chi connectivity index (χ2n) is 8.40. The Balaban J connectivity index is 1.28. The molecule has 2 aliphatic heterocycles. The van der Waals surface area contributed by atoms with Crippen LogP contribution in [0.3, 0.4) is 0 Å². The molecular weight excluding hydrogens is 378 g/mol. The number of aromatic amines is 1. The van der Waals surface area contributed by atoms with Crippen LogP contribution in [0.25, 0.3) is 11.0 Å². The van der Waals surface area contributed by atoms with Crippen LogP contribution in [-0.2, 0) is 4.74 Å². The van der Waals surface area contributed by atoms with Gasteiger partial charge in [-0.05, 0) is 43.4 Å². The van der Waals surface area contributed by atoms with Gasteiger partial charge >= 0.3 is 5.69 Å². The summed E-state index contributed by atoms with van der Waals surface area (Å²) in [6.45, 7) is 2.84. The lowest BCUT2D eigenvalue weighted by molar-refractivity contribution is -0.0346. The lowest BCUT2D eigenvalue weighted by atomic mass is 9.94. The molecule has 158 valence electrons. The van der Waals surface area contributed by atoms with Crippen molar-refractivity contribution in [2.75, 3.05) is 26.8 Å². The molecule has 1 N–H and O–H groups in total. The number of nitrogens with one attached hydrogen (secondary N) is 1. The van der Waals surface area contributed by atoms with Gasteiger partial charge in [-0.3, -0.25) is 4.57 Å². The minimum absolute atomic E-state index is 0.0214. The first-order chi connectivity index (χ1) is 14.7. The molecule has 1 aromatic heterocycles. The molecule has 0 saturated carbocycles. The number of piperidine rings is 1. The number of imidazole rings is 1. The van der Waals surface area contributed by atoms with Crippen LogP contribution in [0.4, 0.5) is 0 Å². The molecule has 0 aliphatic carbocycles. The molecule has 3 heterocycles. The van der Waals surface area contributed by atoms with E-state index < -0.39 is 0 Å². The van der Waals surface area contributed by atoms with E-state index in [9.17, 15) is 4.79 Å². The lowest BCUT2D eigenvalue weighted by Crippen LogP contribution is -2.45. The van der Waals surface area contributed by atoms with Crippen molar-refractivity contribution in [3.8, 4) is 5.75 Å². The fourth-order valence-electron chi connectivity index (χ4n) is 5.11. The highest BCUT2D eigenvalue weighted by atomic mass is 16.5. The largest absolute Gasteiger partial charge is 0.497 e. The molecule has 0 spiro atoms. The topological polar surface area (TPSA) is 59.5 Å². The zero-order valence-electron chi connectivity index (χ0n) is 17.4. The van der Waals surface area contributed by atoms with E-state index in [2.05, 4.69) is 40.2 Å². The van der Waals surface area contributed by atoms with Gasteiger partial charge in [0.25, 0.3) is 0 Å². The summed E-state index contributed by atoms with van der Waals surface area (Å²) in [6, 6.07) is 17.1. The lowest BCUT2D eigenvalue weighted by Gasteiger charge is -2.41. The zero-order valence-corrected chi connectivity index (χ0v) is 17.4. The van der Waals surface area contributed by atoms with Crippen molar-refractivity contribution in [3.63, 3.8) is 0 Å². The van der Waals surface area contributed by atoms with Crippen LogP contribution in [-0.4, -0.2) is 47.3 Å². The number of likely N-dealkylation sites (tertiary alicyclic amines) is 1. The first-order valence-corrected chi connectivity index (χ1v) is 10.9. The zero-order chi connectivity index (χ0) is 20.5. The summed E-state index contributed by atoms with van der Waals surface area (Å²) in [6.07, 6.45) is 4.28. The van der Waals surface area contributed by atoms with E-state index in [0.717, 1.165) is 62.2 Å². The first-order valence-electron chi connectivity index (χ1n) is 10.9. The molecular formula is C24H29N3O3. The van der Waals surface area contributed by atoms with E-state index in [1.54, 1.807) is 7.11 Å². The first kappa shape index (κ1) is 19.4. The number of rotatable bonds is 4. The summed E-state index contributed by atoms with van der Waals surface area (Å²) in [7, 11) is 1.66. The highest BCUT2D eigenvalue weighted by Gasteiger charge is 2.32. The minimum Gasteiger partial charge on any atom is -0.497 e. The Bertz CT molecular complexity index is 1050. The van der Waals surface area contributed by atoms with Gasteiger partial charge < -0.3 is 19.4 Å². The van der Waals surface area contributed by atoms with Crippen molar-refractivity contribution in [2.45, 2.75) is 43.9 Å². The molecule has 0 radical (unpaired) electrons. The third-order valence-electron chi connectivity index (χ3n) is 6.73. The fourth-order valence-corrected chi connectivity index (χ4v) is 5.11. The number of hydrogen-bond donors (Lipinski definition) is 1. The van der Waals surface area contributed by atoms with Crippen LogP contribution in [0.1, 0.15) is 43.4 Å². The van der Waals surface area contributed by atoms with Crippen molar-refractivity contribution in [1.82, 2.24) is 14.5 Å². The SMILES string of the molecule is COc1ccc2[nH]c(=O)n(C3CCN(C4CCOC(c5ccccc5)C4)CC3)c2c1. The number of ether oxygens (including phenoxy) is 2. The molecule has 0 amide bonds. The van der Waals surface area contributed by atoms with E-state index in [1.807, 2.05) is 22.8 Å². The van der Waals surface area contributed by atoms with Crippen LogP contribution in [0.5, 0.6) is 5.75 Å². The summed E-state index contributed by atoms with van der Waals surface area (Å²) in [4.78, 5) is 18.3. The summed E-state index contributed by atoms with van der Waals surface area (Å²) >= 11 is 0. The molecule has 2 atom stereocenters. The highest BCUT2D eigenvalue weighted by Crippen LogP contribution is 2.34. The molecule has 2 aromatic carbocycles. The van der Waals surface area contributed by atoms with Crippen LogP contribution < -0.4 is 10.4 Å². The maximum Gasteiger partial charge on any atom is 0.326 e. The fraction of sp³-hybridized carbons (Fsp3) is 0.458. The van der Waals surface area contributed by atoms with E-state index in [4.69, 9.17) is 9.47 Å². The predicted octanol–water partition coefficient (Wildman–Crippen LogP) is 3.90. The molecule has 30 heavy (non-hydrogen) atoms. The Morgan fingerprint density at radius 3 is 2.60 bits per heavy atom. The molecule has 3 aromatic rings. The Hall–Kier alpha value is -2.57. The highest BCUT2D eigenvalue weighted by molar-refractivity contribution is 5.77. The van der Waals surface area contributed by atoms with Crippen LogP contribution in [0, 0.1) is 0 Å². The van der Waals surface area contributed by atoms with E-state index in [0.29, 0.717) is 6.04 Å². The molecule has 2 aliphatic rings. The second kappa shape index (κ2) is 8.28. The van der Waals surface area contributed by atoms with Crippen molar-refractivity contribution < 1.29 is 9.47 Å². The molecule has 6 heteroatoms. The van der Waals surface area contributed by atoms with E-state index in [-0.39, 0.29) is 17.8 Å². The average molecular weight is 408 g/mol. The average Bonchev–Trinajstić information content (AvgIpc) is 3.14. The Labute approximate surface area is 176 Å². The van der Waals surface area contributed by atoms with Crippen molar-refractivity contribution >= 4 is 11.0 Å². The summed E-state index contributed by atoms with van der Waals surface area (Å²) < 4.78 is 13.4. The van der Waals surface area contributed by atoms with Gasteiger partial charge in [-0.1, -0.05) is 30.3 Å². The van der Waals surface area contributed by atoms with E-state index in [1.165, 1.54) is 5.56 Å². The summed E-state index contributed by atoms with van der Waals surface area (Å²) in [5, 5.41) is 0. The molecule has 2 unspecified atom stereocenters. The Morgan fingerprint density at radius 2 is 1.83 bits per heavy atom. The normalized spacial score (nSPS) is 23.6. The van der Waals surface area contributed by atoms with Gasteiger partial charge in [0.15, 0.2) is 0 Å². The molecule has 6 nitrogen and oxygen atoms in total. The third kappa shape index (κ3) is 3.66. The Kier molecular flexibility index (Phi) is 5.35. The maximum atomic E-state index is 12.7. The number of nitrogens with zero attached hydrogens (tertiary/aromatic N) is 2. The predicted molar refractivity (Wildman–Crippen MR) is 117 cm³/mol. The van der Waals surface area contributed by atoms with Gasteiger partial charge in [0.2, 0.25) is 0 Å². The monoisotopic (exact) mass is 407 g/mol. The molecule has 0 bridgehead atoms. The van der Waals surface area contributed by atoms with Crippen molar-refractivity contribution in [2.24, 2.45) is 0 Å². The van der Waals surface area contributed by atoms with Crippen LogP contribution >= 0.6 is 0 Å². The number of fused-ring (bicyclic) bond motifs is 1. The minimum atomic E-state index is -0.0214. The number of H-pyrrole nitrogens is 1. The third-order valence-corrected chi connectivity index (χ3v) is 6.73. The van der Waals surface area contributed by atoms with Crippen molar-refractivity contribution in [3.05, 3.63) is 64.6 Å². The van der Waals surface area contributed by atoms with Gasteiger partial charge in [0.1, 0.15) is 5.75 Å². The van der Waals surface area contributed by atoms with Gasteiger partial charge in [0, 0.05) is 37.8 Å². The number of benzene rings is 2. The number of hydrogen-bond acceptors (Lipinski definition) is 4. The van der Waals surface area contributed by atoms with Crippen LogP contribution in [0.15, 0.2) is 53.3 Å². The van der Waals surface area contributed by atoms with Gasteiger partial charge in [-0.15, -0.1) is 0 Å². The summed E-state index contributed by atoms with van der Waals surface area (Å²) in [5.41, 5.74) is 3.06. The standard InChI is InChI=1S/C24H29N3O3/c1-29-20-7-8-21-22(16-20)27(24(28)25-21)18-9-12-26(13-10-18)19-11-14-30-23(15-19)17-5-3-2-4-6-17/h2-8,16,18-19,23H,9-15H2,1H3,(H,25,28). The quantitative estimate of drug-likeness (QED) is 0.713. The number of aromatic nitrogens is 2. The van der Waals surface area contributed by atoms with Gasteiger partial charge in [-0.25, -0.2) is 4.79 Å². The molecule has 2 fully saturated rings. The smallest absolute Gasteiger partial charge is 0.326 e.